The molecule has 0 N–H and O–H groups in total. The summed E-state index contributed by atoms with van der Waals surface area (Å²) in [6, 6.07) is 0. The van der Waals surface area contributed by atoms with E-state index in [0.717, 1.165) is 25.7 Å². The number of hydrogen-bond acceptors (Lipinski definition) is 3. The highest BCUT2D eigenvalue weighted by atomic mass is 16.6. The Kier molecular flexibility index (Phi) is 10.1. The zero-order valence-corrected chi connectivity index (χ0v) is 12.1. The molecular formula is C15H26O3. The molecule has 0 aromatic carbocycles. The molecule has 3 heteroatoms. The SMILES string of the molecule is CCC/C=C(\OC/C=C/CCC)C(=O)OC(C)C. The number of carbonyl (C=O) groups excluding carboxylic acids is 1. The largest absolute Gasteiger partial charge is 0.483 e. The van der Waals surface area contributed by atoms with E-state index in [1.807, 2.05) is 19.9 Å². The molecule has 0 heterocycles. The number of rotatable bonds is 9. The Morgan fingerprint density at radius 1 is 1.11 bits per heavy atom. The third kappa shape index (κ3) is 8.85. The topological polar surface area (TPSA) is 35.5 Å². The number of esters is 1. The number of ether oxygens (including phenoxy) is 2. The molecule has 0 aliphatic heterocycles. The van der Waals surface area contributed by atoms with Gasteiger partial charge < -0.3 is 9.47 Å². The van der Waals surface area contributed by atoms with Gasteiger partial charge in [-0.15, -0.1) is 0 Å². The zero-order valence-electron chi connectivity index (χ0n) is 12.1. The van der Waals surface area contributed by atoms with E-state index in [9.17, 15) is 4.79 Å². The maximum atomic E-state index is 11.7. The van der Waals surface area contributed by atoms with Crippen molar-refractivity contribution < 1.29 is 14.3 Å². The molecule has 104 valence electrons. The van der Waals surface area contributed by atoms with Gasteiger partial charge in [-0.2, -0.15) is 0 Å². The van der Waals surface area contributed by atoms with E-state index in [0.29, 0.717) is 12.4 Å². The lowest BCUT2D eigenvalue weighted by molar-refractivity contribution is -0.146. The van der Waals surface area contributed by atoms with Gasteiger partial charge in [-0.25, -0.2) is 4.79 Å². The van der Waals surface area contributed by atoms with Crippen molar-refractivity contribution in [2.24, 2.45) is 0 Å². The van der Waals surface area contributed by atoms with Crippen molar-refractivity contribution in [1.82, 2.24) is 0 Å². The lowest BCUT2D eigenvalue weighted by Gasteiger charge is -2.11. The highest BCUT2D eigenvalue weighted by Gasteiger charge is 2.13. The molecule has 0 unspecified atom stereocenters. The van der Waals surface area contributed by atoms with Crippen LogP contribution in [0.4, 0.5) is 0 Å². The molecule has 0 saturated heterocycles. The van der Waals surface area contributed by atoms with Crippen molar-refractivity contribution in [3.05, 3.63) is 24.0 Å². The fourth-order valence-electron chi connectivity index (χ4n) is 1.24. The number of unbranched alkanes of at least 4 members (excludes halogenated alkanes) is 2. The van der Waals surface area contributed by atoms with Crippen LogP contribution in [0.5, 0.6) is 0 Å². The number of hydrogen-bond donors (Lipinski definition) is 0. The molecule has 0 amide bonds. The van der Waals surface area contributed by atoms with Gasteiger partial charge in [0.2, 0.25) is 5.76 Å². The smallest absolute Gasteiger partial charge is 0.373 e. The average Bonchev–Trinajstić information content (AvgIpc) is 2.31. The molecule has 0 fully saturated rings. The third-order valence-corrected chi connectivity index (χ3v) is 2.12. The fourth-order valence-corrected chi connectivity index (χ4v) is 1.24. The first-order valence-electron chi connectivity index (χ1n) is 6.80. The summed E-state index contributed by atoms with van der Waals surface area (Å²) in [5.41, 5.74) is 0. The van der Waals surface area contributed by atoms with E-state index >= 15 is 0 Å². The molecule has 0 spiro atoms. The Labute approximate surface area is 111 Å². The standard InChI is InChI=1S/C15H26O3/c1-5-7-9-10-12-17-14(11-8-6-2)15(16)18-13(3)4/h9-11,13H,5-8,12H2,1-4H3/b10-9+,14-11-. The van der Waals surface area contributed by atoms with Gasteiger partial charge in [-0.3, -0.25) is 0 Å². The number of allylic oxidation sites excluding steroid dienone is 2. The van der Waals surface area contributed by atoms with Crippen LogP contribution in [-0.2, 0) is 14.3 Å². The maximum absolute atomic E-state index is 11.7. The lowest BCUT2D eigenvalue weighted by atomic mass is 10.3. The maximum Gasteiger partial charge on any atom is 0.373 e. The van der Waals surface area contributed by atoms with Gasteiger partial charge in [0, 0.05) is 0 Å². The van der Waals surface area contributed by atoms with E-state index < -0.39 is 0 Å². The summed E-state index contributed by atoms with van der Waals surface area (Å²) in [5, 5.41) is 0. The summed E-state index contributed by atoms with van der Waals surface area (Å²) in [5.74, 6) is -0.0472. The van der Waals surface area contributed by atoms with Crippen LogP contribution in [0.3, 0.4) is 0 Å². The van der Waals surface area contributed by atoms with Gasteiger partial charge in [0.25, 0.3) is 0 Å². The molecule has 0 aliphatic carbocycles. The molecule has 0 aliphatic rings. The first kappa shape index (κ1) is 16.8. The Morgan fingerprint density at radius 2 is 1.78 bits per heavy atom. The normalized spacial score (nSPS) is 12.2. The van der Waals surface area contributed by atoms with Crippen molar-refractivity contribution in [2.45, 2.75) is 59.5 Å². The van der Waals surface area contributed by atoms with Crippen molar-refractivity contribution in [2.75, 3.05) is 6.61 Å². The molecule has 0 saturated carbocycles. The second kappa shape index (κ2) is 10.9. The molecule has 3 nitrogen and oxygen atoms in total. The van der Waals surface area contributed by atoms with Crippen molar-refractivity contribution >= 4 is 5.97 Å². The molecule has 0 atom stereocenters. The van der Waals surface area contributed by atoms with Crippen LogP contribution in [0.15, 0.2) is 24.0 Å². The zero-order chi connectivity index (χ0) is 13.8. The minimum atomic E-state index is -0.373. The van der Waals surface area contributed by atoms with Crippen LogP contribution in [0.1, 0.15) is 53.4 Å². The van der Waals surface area contributed by atoms with E-state index in [-0.39, 0.29) is 12.1 Å². The minimum absolute atomic E-state index is 0.123. The van der Waals surface area contributed by atoms with Crippen molar-refractivity contribution in [1.29, 1.82) is 0 Å². The Bertz CT molecular complexity index is 277. The summed E-state index contributed by atoms with van der Waals surface area (Å²) < 4.78 is 10.6. The van der Waals surface area contributed by atoms with Gasteiger partial charge in [0.05, 0.1) is 6.10 Å². The quantitative estimate of drug-likeness (QED) is 0.270. The monoisotopic (exact) mass is 254 g/mol. The molecule has 0 aromatic rings. The van der Waals surface area contributed by atoms with Crippen LogP contribution >= 0.6 is 0 Å². The van der Waals surface area contributed by atoms with Crippen LogP contribution in [0.25, 0.3) is 0 Å². The van der Waals surface area contributed by atoms with Crippen LogP contribution in [-0.4, -0.2) is 18.7 Å². The van der Waals surface area contributed by atoms with Gasteiger partial charge in [0.1, 0.15) is 6.61 Å². The van der Waals surface area contributed by atoms with Crippen molar-refractivity contribution in [3.63, 3.8) is 0 Å². The highest BCUT2D eigenvalue weighted by Crippen LogP contribution is 2.06. The summed E-state index contributed by atoms with van der Waals surface area (Å²) in [6.45, 7) is 8.26. The summed E-state index contributed by atoms with van der Waals surface area (Å²) in [6.07, 6.45) is 9.63. The molecular weight excluding hydrogens is 228 g/mol. The first-order valence-corrected chi connectivity index (χ1v) is 6.80. The summed E-state index contributed by atoms with van der Waals surface area (Å²) in [7, 11) is 0. The molecule has 0 bridgehead atoms. The van der Waals surface area contributed by atoms with Crippen LogP contribution in [0, 0.1) is 0 Å². The van der Waals surface area contributed by atoms with Gasteiger partial charge in [0.15, 0.2) is 0 Å². The molecule has 0 rings (SSSR count). The lowest BCUT2D eigenvalue weighted by Crippen LogP contribution is -2.15. The van der Waals surface area contributed by atoms with Crippen LogP contribution in [0.2, 0.25) is 0 Å². The van der Waals surface area contributed by atoms with E-state index in [1.54, 1.807) is 6.08 Å². The second-order valence-electron chi connectivity index (χ2n) is 4.38. The second-order valence-corrected chi connectivity index (χ2v) is 4.38. The Morgan fingerprint density at radius 3 is 2.33 bits per heavy atom. The first-order chi connectivity index (χ1) is 8.61. The third-order valence-electron chi connectivity index (χ3n) is 2.12. The molecule has 0 aromatic heterocycles. The predicted molar refractivity (Wildman–Crippen MR) is 74.2 cm³/mol. The van der Waals surface area contributed by atoms with Crippen molar-refractivity contribution in [3.8, 4) is 0 Å². The fraction of sp³-hybridized carbons (Fsp3) is 0.667. The molecule has 18 heavy (non-hydrogen) atoms. The Balaban J connectivity index is 4.27. The van der Waals surface area contributed by atoms with E-state index in [4.69, 9.17) is 9.47 Å². The van der Waals surface area contributed by atoms with E-state index in [1.165, 1.54) is 0 Å². The Hall–Kier alpha value is -1.25. The summed E-state index contributed by atoms with van der Waals surface area (Å²) >= 11 is 0. The molecule has 0 radical (unpaired) electrons. The predicted octanol–water partition coefficient (Wildman–Crippen LogP) is 3.99. The minimum Gasteiger partial charge on any atom is -0.483 e. The van der Waals surface area contributed by atoms with Gasteiger partial charge in [-0.05, 0) is 32.8 Å². The van der Waals surface area contributed by atoms with Crippen LogP contribution < -0.4 is 0 Å². The highest BCUT2D eigenvalue weighted by molar-refractivity contribution is 5.86. The number of carbonyl (C=O) groups is 1. The summed E-state index contributed by atoms with van der Waals surface area (Å²) in [4.78, 5) is 11.7. The van der Waals surface area contributed by atoms with E-state index in [2.05, 4.69) is 19.9 Å². The van der Waals surface area contributed by atoms with Gasteiger partial charge in [-0.1, -0.05) is 38.8 Å². The average molecular weight is 254 g/mol. The van der Waals surface area contributed by atoms with Gasteiger partial charge >= 0.3 is 5.97 Å².